The fourth-order valence-electron chi connectivity index (χ4n) is 0.683. The van der Waals surface area contributed by atoms with Gasteiger partial charge in [0.1, 0.15) is 0 Å². The number of rotatable bonds is 1. The zero-order chi connectivity index (χ0) is 6.53. The maximum atomic E-state index is 2.00. The Labute approximate surface area is 55.3 Å². The predicted molar refractivity (Wildman–Crippen MR) is 37.6 cm³/mol. The highest BCUT2D eigenvalue weighted by molar-refractivity contribution is 5.03. The Morgan fingerprint density at radius 2 is 1.78 bits per heavy atom. The smallest absolute Gasteiger partial charge is 0.174 e. The lowest BCUT2D eigenvalue weighted by Crippen LogP contribution is -2.23. The molecule has 0 bridgehead atoms. The van der Waals surface area contributed by atoms with Gasteiger partial charge in [0.05, 0.1) is 0 Å². The Kier molecular flexibility index (Phi) is 2.02. The summed E-state index contributed by atoms with van der Waals surface area (Å²) in [7, 11) is 0. The van der Waals surface area contributed by atoms with Crippen LogP contribution in [0.15, 0.2) is 36.7 Å². The van der Waals surface area contributed by atoms with Crippen molar-refractivity contribution in [3.8, 4) is 0 Å². The van der Waals surface area contributed by atoms with Crippen LogP contribution in [-0.4, -0.2) is 0 Å². The lowest BCUT2D eigenvalue weighted by Gasteiger charge is -1.80. The fraction of sp³-hybridized carbons (Fsp3) is 0.125. The van der Waals surface area contributed by atoms with Crippen molar-refractivity contribution in [1.82, 2.24) is 0 Å². The first-order chi connectivity index (χ1) is 4.43. The van der Waals surface area contributed by atoms with Crippen molar-refractivity contribution in [3.63, 3.8) is 0 Å². The lowest BCUT2D eigenvalue weighted by atomic mass is 10.5. The van der Waals surface area contributed by atoms with Crippen LogP contribution in [0.2, 0.25) is 0 Å². The van der Waals surface area contributed by atoms with Gasteiger partial charge in [-0.2, -0.15) is 4.57 Å². The summed E-state index contributed by atoms with van der Waals surface area (Å²) in [6.07, 6.45) is 8.00. The number of pyridine rings is 1. The zero-order valence-corrected chi connectivity index (χ0v) is 5.49. The van der Waals surface area contributed by atoms with Crippen LogP contribution >= 0.6 is 0 Å². The maximum absolute atomic E-state index is 2.00. The Morgan fingerprint density at radius 1 is 1.11 bits per heavy atom. The molecule has 1 nitrogen and oxygen atoms in total. The quantitative estimate of drug-likeness (QED) is 0.494. The molecule has 0 unspecified atom stereocenters. The highest BCUT2D eigenvalue weighted by Crippen LogP contribution is 1.76. The third-order valence-corrected chi connectivity index (χ3v) is 1.06. The molecule has 9 heavy (non-hydrogen) atoms. The highest BCUT2D eigenvalue weighted by Gasteiger charge is 1.84. The molecule has 0 aromatic carbocycles. The lowest BCUT2D eigenvalue weighted by molar-refractivity contribution is -0.568. The Hall–Kier alpha value is -1.11. The molecule has 1 aromatic heterocycles. The second-order valence-corrected chi connectivity index (χ2v) is 1.81. The van der Waals surface area contributed by atoms with Crippen LogP contribution in [0.4, 0.5) is 0 Å². The van der Waals surface area contributed by atoms with Gasteiger partial charge in [0.25, 0.3) is 0 Å². The SMILES string of the molecule is C/C=C\[n+]1ccccc1. The van der Waals surface area contributed by atoms with Crippen molar-refractivity contribution in [2.75, 3.05) is 0 Å². The summed E-state index contributed by atoms with van der Waals surface area (Å²) < 4.78 is 2.00. The van der Waals surface area contributed by atoms with Crippen molar-refractivity contribution < 1.29 is 4.57 Å². The number of nitrogens with zero attached hydrogens (tertiary/aromatic N) is 1. The van der Waals surface area contributed by atoms with Crippen molar-refractivity contribution >= 4 is 6.20 Å². The summed E-state index contributed by atoms with van der Waals surface area (Å²) in [6, 6.07) is 6.00. The molecule has 0 spiro atoms. The van der Waals surface area contributed by atoms with Crippen LogP contribution in [0.1, 0.15) is 6.92 Å². The summed E-state index contributed by atoms with van der Waals surface area (Å²) in [6.45, 7) is 2.00. The molecule has 1 aromatic rings. The molecule has 0 atom stereocenters. The van der Waals surface area contributed by atoms with Crippen LogP contribution in [0.3, 0.4) is 0 Å². The maximum Gasteiger partial charge on any atom is 0.174 e. The summed E-state index contributed by atoms with van der Waals surface area (Å²) >= 11 is 0. The van der Waals surface area contributed by atoms with E-state index in [9.17, 15) is 0 Å². The van der Waals surface area contributed by atoms with Crippen LogP contribution in [0, 0.1) is 0 Å². The third kappa shape index (κ3) is 1.68. The predicted octanol–water partition coefficient (Wildman–Crippen LogP) is 1.46. The zero-order valence-electron chi connectivity index (χ0n) is 5.49. The van der Waals surface area contributed by atoms with Crippen molar-refractivity contribution in [2.24, 2.45) is 0 Å². The van der Waals surface area contributed by atoms with Crippen LogP contribution in [0.25, 0.3) is 6.20 Å². The van der Waals surface area contributed by atoms with Crippen LogP contribution in [-0.2, 0) is 0 Å². The number of hydrogen-bond donors (Lipinski definition) is 0. The molecule has 0 saturated heterocycles. The third-order valence-electron chi connectivity index (χ3n) is 1.06. The molecule has 0 aliphatic rings. The normalized spacial score (nSPS) is 10.3. The average molecular weight is 120 g/mol. The number of aromatic nitrogens is 1. The minimum Gasteiger partial charge on any atom is -0.174 e. The molecule has 1 rings (SSSR count). The topological polar surface area (TPSA) is 3.88 Å². The molecule has 0 aliphatic carbocycles. The van der Waals surface area contributed by atoms with E-state index in [0.29, 0.717) is 0 Å². The Morgan fingerprint density at radius 3 is 2.33 bits per heavy atom. The molecule has 1 heterocycles. The Bertz CT molecular complexity index is 189. The van der Waals surface area contributed by atoms with Crippen molar-refractivity contribution in [1.29, 1.82) is 0 Å². The molecule has 0 amide bonds. The molecule has 0 radical (unpaired) electrons. The largest absolute Gasteiger partial charge is 0.174 e. The van der Waals surface area contributed by atoms with E-state index in [1.54, 1.807) is 0 Å². The molecule has 0 saturated carbocycles. The molecular weight excluding hydrogens is 110 g/mol. The molecule has 46 valence electrons. The Balaban J connectivity index is 2.85. The molecular formula is C8H10N+. The van der Waals surface area contributed by atoms with Gasteiger partial charge in [0.15, 0.2) is 18.6 Å². The van der Waals surface area contributed by atoms with Gasteiger partial charge in [0, 0.05) is 12.1 Å². The van der Waals surface area contributed by atoms with E-state index < -0.39 is 0 Å². The van der Waals surface area contributed by atoms with Crippen molar-refractivity contribution in [3.05, 3.63) is 36.7 Å². The summed E-state index contributed by atoms with van der Waals surface area (Å²) in [4.78, 5) is 0. The average Bonchev–Trinajstić information content (AvgIpc) is 1.91. The first kappa shape index (κ1) is 6.02. The second-order valence-electron chi connectivity index (χ2n) is 1.81. The standard InChI is InChI=1S/C8H10N/c1-2-6-9-7-4-3-5-8-9/h2-8H,1H3/q+1/b6-2-. The van der Waals surface area contributed by atoms with Gasteiger partial charge in [0.2, 0.25) is 0 Å². The van der Waals surface area contributed by atoms with Crippen LogP contribution in [0.5, 0.6) is 0 Å². The van der Waals surface area contributed by atoms with Gasteiger partial charge in [-0.15, -0.1) is 0 Å². The summed E-state index contributed by atoms with van der Waals surface area (Å²) in [5.41, 5.74) is 0. The first-order valence-electron chi connectivity index (χ1n) is 3.02. The summed E-state index contributed by atoms with van der Waals surface area (Å²) in [5, 5.41) is 0. The molecule has 0 aliphatic heterocycles. The van der Waals surface area contributed by atoms with E-state index in [0.717, 1.165) is 0 Å². The first-order valence-corrected chi connectivity index (χ1v) is 3.02. The number of allylic oxidation sites excluding steroid dienone is 1. The monoisotopic (exact) mass is 120 g/mol. The van der Waals surface area contributed by atoms with Gasteiger partial charge < -0.3 is 0 Å². The van der Waals surface area contributed by atoms with E-state index in [1.165, 1.54) is 0 Å². The van der Waals surface area contributed by atoms with E-state index in [4.69, 9.17) is 0 Å². The summed E-state index contributed by atoms with van der Waals surface area (Å²) in [5.74, 6) is 0. The number of hydrogen-bond acceptors (Lipinski definition) is 0. The van der Waals surface area contributed by atoms with E-state index in [1.807, 2.05) is 54.4 Å². The minimum absolute atomic E-state index is 2.00. The van der Waals surface area contributed by atoms with Gasteiger partial charge >= 0.3 is 0 Å². The van der Waals surface area contributed by atoms with E-state index >= 15 is 0 Å². The van der Waals surface area contributed by atoms with E-state index in [2.05, 4.69) is 0 Å². The van der Waals surface area contributed by atoms with Crippen LogP contribution < -0.4 is 4.57 Å². The van der Waals surface area contributed by atoms with Gasteiger partial charge in [-0.1, -0.05) is 6.07 Å². The highest BCUT2D eigenvalue weighted by atomic mass is 14.9. The van der Waals surface area contributed by atoms with Crippen molar-refractivity contribution in [2.45, 2.75) is 6.92 Å². The fourth-order valence-corrected chi connectivity index (χ4v) is 0.683. The molecule has 1 heteroatoms. The molecule has 0 fully saturated rings. The van der Waals surface area contributed by atoms with Gasteiger partial charge in [-0.05, 0) is 13.0 Å². The van der Waals surface area contributed by atoms with E-state index in [-0.39, 0.29) is 0 Å². The molecule has 0 N–H and O–H groups in total. The second kappa shape index (κ2) is 3.02. The van der Waals surface area contributed by atoms with Gasteiger partial charge in [-0.3, -0.25) is 0 Å². The minimum atomic E-state index is 2.00. The van der Waals surface area contributed by atoms with Gasteiger partial charge in [-0.25, -0.2) is 0 Å².